The Hall–Kier alpha value is -0.870. The molecule has 1 aliphatic rings. The number of rotatable bonds is 2. The molecule has 17 heavy (non-hydrogen) atoms. The second-order valence-electron chi connectivity index (χ2n) is 4.31. The van der Waals surface area contributed by atoms with Crippen molar-refractivity contribution in [2.24, 2.45) is 0 Å². The van der Waals surface area contributed by atoms with Gasteiger partial charge in [0.1, 0.15) is 10.1 Å². The molecule has 1 heterocycles. The molecule has 1 unspecified atom stereocenters. The fraction of sp³-hybridized carbons (Fsp3) is 0.385. The minimum Gasteiger partial charge on any atom is -0.354 e. The minimum atomic E-state index is 0.170. The highest BCUT2D eigenvalue weighted by Gasteiger charge is 2.27. The standard InChI is InChI=1S/C13H15NOS2/c15-12-6-7-14(13(16)17)11(9-12)8-10-4-2-1-3-5-10/h1-5,11H,6-9H2,(H,16,17). The summed E-state index contributed by atoms with van der Waals surface area (Å²) in [4.78, 5) is 13.6. The number of likely N-dealkylation sites (tertiary alicyclic amines) is 1. The molecule has 1 aromatic rings. The average molecular weight is 265 g/mol. The highest BCUT2D eigenvalue weighted by atomic mass is 32.1. The van der Waals surface area contributed by atoms with Crippen LogP contribution in [0.2, 0.25) is 0 Å². The van der Waals surface area contributed by atoms with Gasteiger partial charge in [-0.15, -0.1) is 12.6 Å². The Balaban J connectivity index is 2.10. The number of hydrogen-bond donors (Lipinski definition) is 1. The summed E-state index contributed by atoms with van der Waals surface area (Å²) in [5.41, 5.74) is 1.24. The normalized spacial score (nSPS) is 20.4. The van der Waals surface area contributed by atoms with Crippen molar-refractivity contribution in [2.45, 2.75) is 25.3 Å². The Bertz CT molecular complexity index is 419. The molecule has 0 radical (unpaired) electrons. The van der Waals surface area contributed by atoms with Gasteiger partial charge in [0, 0.05) is 25.4 Å². The van der Waals surface area contributed by atoms with Crippen LogP contribution in [0.25, 0.3) is 0 Å². The van der Waals surface area contributed by atoms with Crippen LogP contribution in [0.15, 0.2) is 30.3 Å². The quantitative estimate of drug-likeness (QED) is 0.655. The second kappa shape index (κ2) is 5.65. The molecule has 0 amide bonds. The van der Waals surface area contributed by atoms with Gasteiger partial charge in [-0.1, -0.05) is 42.5 Å². The largest absolute Gasteiger partial charge is 0.354 e. The summed E-state index contributed by atoms with van der Waals surface area (Å²) in [7, 11) is 0. The van der Waals surface area contributed by atoms with Crippen molar-refractivity contribution >= 4 is 35.0 Å². The van der Waals surface area contributed by atoms with Crippen LogP contribution in [0.3, 0.4) is 0 Å². The van der Waals surface area contributed by atoms with Crippen molar-refractivity contribution in [3.05, 3.63) is 35.9 Å². The van der Waals surface area contributed by atoms with Gasteiger partial charge >= 0.3 is 0 Å². The first-order valence-corrected chi connectivity index (χ1v) is 6.57. The average Bonchev–Trinajstić information content (AvgIpc) is 2.30. The molecule has 2 rings (SSSR count). The Kier molecular flexibility index (Phi) is 4.18. The molecule has 1 atom stereocenters. The molecule has 0 N–H and O–H groups in total. The van der Waals surface area contributed by atoms with Gasteiger partial charge in [0.2, 0.25) is 0 Å². The molecule has 0 spiro atoms. The third kappa shape index (κ3) is 3.30. The Morgan fingerprint density at radius 3 is 2.76 bits per heavy atom. The van der Waals surface area contributed by atoms with E-state index in [2.05, 4.69) is 29.7 Å². The van der Waals surface area contributed by atoms with Gasteiger partial charge in [-0.3, -0.25) is 4.79 Å². The minimum absolute atomic E-state index is 0.170. The van der Waals surface area contributed by atoms with E-state index in [4.69, 9.17) is 12.2 Å². The summed E-state index contributed by atoms with van der Waals surface area (Å²) in [5, 5.41) is 0. The molecule has 0 aliphatic carbocycles. The van der Waals surface area contributed by atoms with Gasteiger partial charge in [-0.25, -0.2) is 0 Å². The van der Waals surface area contributed by atoms with Crippen LogP contribution >= 0.6 is 24.8 Å². The lowest BCUT2D eigenvalue weighted by atomic mass is 9.95. The number of carbonyl (C=O) groups excluding carboxylic acids is 1. The maximum Gasteiger partial charge on any atom is 0.136 e. The highest BCUT2D eigenvalue weighted by molar-refractivity contribution is 8.10. The van der Waals surface area contributed by atoms with E-state index < -0.39 is 0 Å². The first kappa shape index (κ1) is 12.6. The number of thiocarbonyl (C=S) groups is 1. The second-order valence-corrected chi connectivity index (χ2v) is 5.43. The molecule has 1 aliphatic heterocycles. The van der Waals surface area contributed by atoms with E-state index in [1.165, 1.54) is 5.56 Å². The third-order valence-electron chi connectivity index (χ3n) is 3.10. The summed E-state index contributed by atoms with van der Waals surface area (Å²) in [5.74, 6) is 0.326. The van der Waals surface area contributed by atoms with Gasteiger partial charge < -0.3 is 4.90 Å². The smallest absolute Gasteiger partial charge is 0.136 e. The van der Waals surface area contributed by atoms with E-state index in [-0.39, 0.29) is 6.04 Å². The van der Waals surface area contributed by atoms with E-state index in [9.17, 15) is 4.79 Å². The summed E-state index contributed by atoms with van der Waals surface area (Å²) in [6.07, 6.45) is 2.02. The predicted molar refractivity (Wildman–Crippen MR) is 76.5 cm³/mol. The lowest BCUT2D eigenvalue weighted by Gasteiger charge is -2.35. The van der Waals surface area contributed by atoms with Crippen LogP contribution in [-0.4, -0.2) is 27.6 Å². The Morgan fingerprint density at radius 2 is 2.12 bits per heavy atom. The number of nitrogens with zero attached hydrogens (tertiary/aromatic N) is 1. The predicted octanol–water partition coefficient (Wildman–Crippen LogP) is 2.48. The van der Waals surface area contributed by atoms with Crippen LogP contribution in [0.4, 0.5) is 0 Å². The number of ketones is 1. The zero-order valence-electron chi connectivity index (χ0n) is 9.50. The van der Waals surface area contributed by atoms with Crippen molar-refractivity contribution < 1.29 is 4.79 Å². The number of hydrogen-bond acceptors (Lipinski definition) is 2. The first-order chi connectivity index (χ1) is 8.16. The lowest BCUT2D eigenvalue weighted by molar-refractivity contribution is -0.122. The van der Waals surface area contributed by atoms with Crippen LogP contribution in [-0.2, 0) is 11.2 Å². The van der Waals surface area contributed by atoms with Crippen molar-refractivity contribution in [2.75, 3.05) is 6.54 Å². The highest BCUT2D eigenvalue weighted by Crippen LogP contribution is 2.20. The molecule has 1 fully saturated rings. The van der Waals surface area contributed by atoms with Crippen LogP contribution in [0.1, 0.15) is 18.4 Å². The maximum absolute atomic E-state index is 11.5. The SMILES string of the molecule is O=C1CCN(C(=S)S)C(Cc2ccccc2)C1. The number of carbonyl (C=O) groups is 1. The Labute approximate surface area is 112 Å². The molecule has 90 valence electrons. The number of benzene rings is 1. The topological polar surface area (TPSA) is 20.3 Å². The summed E-state index contributed by atoms with van der Waals surface area (Å²) >= 11 is 9.37. The van der Waals surface area contributed by atoms with E-state index in [0.717, 1.165) is 6.42 Å². The number of piperidine rings is 1. The summed E-state index contributed by atoms with van der Waals surface area (Å²) in [6.45, 7) is 0.707. The maximum atomic E-state index is 11.5. The molecule has 1 saturated heterocycles. The first-order valence-electron chi connectivity index (χ1n) is 5.72. The molecule has 1 aromatic carbocycles. The fourth-order valence-electron chi connectivity index (χ4n) is 2.22. The Morgan fingerprint density at radius 1 is 1.41 bits per heavy atom. The third-order valence-corrected chi connectivity index (χ3v) is 3.59. The van der Waals surface area contributed by atoms with E-state index >= 15 is 0 Å². The van der Waals surface area contributed by atoms with E-state index in [1.54, 1.807) is 0 Å². The molecule has 0 aromatic heterocycles. The van der Waals surface area contributed by atoms with Crippen LogP contribution in [0.5, 0.6) is 0 Å². The van der Waals surface area contributed by atoms with Crippen molar-refractivity contribution in [1.29, 1.82) is 0 Å². The summed E-state index contributed by atoms with van der Waals surface area (Å²) < 4.78 is 0.596. The van der Waals surface area contributed by atoms with Gasteiger partial charge in [0.15, 0.2) is 0 Å². The molecule has 2 nitrogen and oxygen atoms in total. The molecule has 0 bridgehead atoms. The molecule has 4 heteroatoms. The van der Waals surface area contributed by atoms with Crippen LogP contribution < -0.4 is 0 Å². The summed E-state index contributed by atoms with van der Waals surface area (Å²) in [6, 6.07) is 10.4. The van der Waals surface area contributed by atoms with Crippen molar-refractivity contribution in [1.82, 2.24) is 4.90 Å². The zero-order chi connectivity index (χ0) is 12.3. The van der Waals surface area contributed by atoms with Gasteiger partial charge in [-0.2, -0.15) is 0 Å². The van der Waals surface area contributed by atoms with E-state index in [0.29, 0.717) is 29.5 Å². The van der Waals surface area contributed by atoms with Gasteiger partial charge in [0.05, 0.1) is 0 Å². The van der Waals surface area contributed by atoms with Crippen molar-refractivity contribution in [3.63, 3.8) is 0 Å². The molecular weight excluding hydrogens is 250 g/mol. The number of Topliss-reactive ketones (excluding diaryl/α,β-unsaturated/α-hetero) is 1. The zero-order valence-corrected chi connectivity index (χ0v) is 11.2. The van der Waals surface area contributed by atoms with E-state index in [1.807, 2.05) is 18.2 Å². The van der Waals surface area contributed by atoms with Gasteiger partial charge in [0.25, 0.3) is 0 Å². The molecule has 0 saturated carbocycles. The van der Waals surface area contributed by atoms with Gasteiger partial charge in [-0.05, 0) is 12.0 Å². The monoisotopic (exact) mass is 265 g/mol. The van der Waals surface area contributed by atoms with Crippen molar-refractivity contribution in [3.8, 4) is 0 Å². The fourth-order valence-corrected chi connectivity index (χ4v) is 2.73. The number of thiol groups is 1. The lowest BCUT2D eigenvalue weighted by Crippen LogP contribution is -2.45. The van der Waals surface area contributed by atoms with Crippen LogP contribution in [0, 0.1) is 0 Å². The molecular formula is C13H15NOS2.